The van der Waals surface area contributed by atoms with Gasteiger partial charge in [-0.2, -0.15) is 0 Å². The minimum Gasteiger partial charge on any atom is -0.0914 e. The Labute approximate surface area is 78.1 Å². The van der Waals surface area contributed by atoms with E-state index in [1.165, 1.54) is 38.5 Å². The molecule has 0 heteroatoms. The van der Waals surface area contributed by atoms with E-state index < -0.39 is 0 Å². The molecule has 0 atom stereocenters. The summed E-state index contributed by atoms with van der Waals surface area (Å²) >= 11 is 0. The predicted molar refractivity (Wildman–Crippen MR) is 57.4 cm³/mol. The van der Waals surface area contributed by atoms with Crippen LogP contribution < -0.4 is 0 Å². The Hall–Kier alpha value is -0.260. The Balaban J connectivity index is 3.54. The maximum atomic E-state index is 2.38. The van der Waals surface area contributed by atoms with Crippen LogP contribution in [0.4, 0.5) is 0 Å². The van der Waals surface area contributed by atoms with Crippen LogP contribution in [-0.4, -0.2) is 0 Å². The predicted octanol–water partition coefficient (Wildman–Crippen LogP) is 4.56. The lowest BCUT2D eigenvalue weighted by Gasteiger charge is -2.10. The zero-order valence-corrected chi connectivity index (χ0v) is 8.97. The summed E-state index contributed by atoms with van der Waals surface area (Å²) < 4.78 is 0. The molecule has 0 bridgehead atoms. The van der Waals surface area contributed by atoms with Gasteiger partial charge in [-0.05, 0) is 25.7 Å². The van der Waals surface area contributed by atoms with Crippen LogP contribution in [0.1, 0.15) is 59.3 Å². The molecule has 0 amide bonds. The van der Waals surface area contributed by atoms with Crippen molar-refractivity contribution in [3.63, 3.8) is 0 Å². The summed E-state index contributed by atoms with van der Waals surface area (Å²) in [6.45, 7) is 6.67. The largest absolute Gasteiger partial charge is 0.0914 e. The first-order valence-electron chi connectivity index (χ1n) is 5.47. The highest BCUT2D eigenvalue weighted by Gasteiger charge is 2.02. The summed E-state index contributed by atoms with van der Waals surface area (Å²) in [6, 6.07) is 0. The van der Waals surface area contributed by atoms with Gasteiger partial charge in [0.05, 0.1) is 0 Å². The van der Waals surface area contributed by atoms with E-state index in [2.05, 4.69) is 32.9 Å². The highest BCUT2D eigenvalue weighted by molar-refractivity contribution is 4.85. The smallest absolute Gasteiger partial charge is 0.0234 e. The molecule has 0 aromatic carbocycles. The van der Waals surface area contributed by atoms with Gasteiger partial charge in [0.15, 0.2) is 0 Å². The van der Waals surface area contributed by atoms with Gasteiger partial charge in [-0.3, -0.25) is 0 Å². The first kappa shape index (κ1) is 11.7. The van der Waals surface area contributed by atoms with Crippen LogP contribution in [0.3, 0.4) is 0 Å². The molecule has 0 saturated heterocycles. The highest BCUT2D eigenvalue weighted by atomic mass is 14.1. The normalized spacial score (nSPS) is 11.7. The molecule has 0 rings (SSSR count). The first-order chi connectivity index (χ1) is 5.85. The summed E-state index contributed by atoms with van der Waals surface area (Å²) in [5, 5.41) is 0. The zero-order chi connectivity index (χ0) is 9.23. The van der Waals surface area contributed by atoms with Crippen LogP contribution in [0.2, 0.25) is 0 Å². The summed E-state index contributed by atoms with van der Waals surface area (Å²) in [7, 11) is 0. The fourth-order valence-electron chi connectivity index (χ4n) is 1.54. The molecule has 0 unspecified atom stereocenters. The molecule has 0 spiro atoms. The SMILES string of the molecule is CC=CC(CCCC)CCCC. The lowest BCUT2D eigenvalue weighted by atomic mass is 9.96. The van der Waals surface area contributed by atoms with Crippen LogP contribution in [-0.2, 0) is 0 Å². The minimum atomic E-state index is 0.856. The van der Waals surface area contributed by atoms with Crippen molar-refractivity contribution in [1.82, 2.24) is 0 Å². The monoisotopic (exact) mass is 168 g/mol. The fourth-order valence-corrected chi connectivity index (χ4v) is 1.54. The quantitative estimate of drug-likeness (QED) is 0.489. The Bertz CT molecular complexity index is 94.6. The van der Waals surface area contributed by atoms with Crippen LogP contribution >= 0.6 is 0 Å². The van der Waals surface area contributed by atoms with Gasteiger partial charge in [0, 0.05) is 0 Å². The zero-order valence-electron chi connectivity index (χ0n) is 8.97. The lowest BCUT2D eigenvalue weighted by molar-refractivity contribution is 0.497. The van der Waals surface area contributed by atoms with Crippen LogP contribution in [0, 0.1) is 5.92 Å². The van der Waals surface area contributed by atoms with Crippen molar-refractivity contribution in [2.75, 3.05) is 0 Å². The van der Waals surface area contributed by atoms with Gasteiger partial charge in [-0.25, -0.2) is 0 Å². The van der Waals surface area contributed by atoms with Crippen molar-refractivity contribution in [3.8, 4) is 0 Å². The number of hydrogen-bond donors (Lipinski definition) is 0. The van der Waals surface area contributed by atoms with E-state index in [1.807, 2.05) is 0 Å². The van der Waals surface area contributed by atoms with Crippen molar-refractivity contribution in [2.45, 2.75) is 59.3 Å². The van der Waals surface area contributed by atoms with Crippen molar-refractivity contribution in [3.05, 3.63) is 12.2 Å². The first-order valence-corrected chi connectivity index (χ1v) is 5.47. The molecule has 72 valence electrons. The second-order valence-electron chi connectivity index (χ2n) is 3.57. The molecule has 0 aliphatic carbocycles. The number of allylic oxidation sites excluding steroid dienone is 2. The molecule has 0 aliphatic heterocycles. The maximum absolute atomic E-state index is 2.38. The van der Waals surface area contributed by atoms with E-state index in [-0.39, 0.29) is 0 Å². The molecule has 0 aromatic rings. The second kappa shape index (κ2) is 8.83. The Kier molecular flexibility index (Phi) is 8.64. The van der Waals surface area contributed by atoms with E-state index in [0.29, 0.717) is 0 Å². The third-order valence-corrected chi connectivity index (χ3v) is 2.32. The molecule has 0 saturated carbocycles. The van der Waals surface area contributed by atoms with E-state index in [9.17, 15) is 0 Å². The van der Waals surface area contributed by atoms with Gasteiger partial charge in [-0.15, -0.1) is 0 Å². The van der Waals surface area contributed by atoms with E-state index in [4.69, 9.17) is 0 Å². The van der Waals surface area contributed by atoms with Crippen molar-refractivity contribution in [1.29, 1.82) is 0 Å². The molecule has 0 aromatic heterocycles. The number of rotatable bonds is 7. The molecule has 0 heterocycles. The Morgan fingerprint density at radius 3 is 1.83 bits per heavy atom. The van der Waals surface area contributed by atoms with Crippen LogP contribution in [0.15, 0.2) is 12.2 Å². The van der Waals surface area contributed by atoms with Crippen molar-refractivity contribution in [2.24, 2.45) is 5.92 Å². The Morgan fingerprint density at radius 1 is 1.00 bits per heavy atom. The van der Waals surface area contributed by atoms with Crippen molar-refractivity contribution < 1.29 is 0 Å². The maximum Gasteiger partial charge on any atom is -0.0234 e. The molecule has 0 N–H and O–H groups in total. The molecular weight excluding hydrogens is 144 g/mol. The molecule has 12 heavy (non-hydrogen) atoms. The van der Waals surface area contributed by atoms with Crippen LogP contribution in [0.25, 0.3) is 0 Å². The number of unbranched alkanes of at least 4 members (excludes halogenated alkanes) is 2. The topological polar surface area (TPSA) is 0 Å². The number of hydrogen-bond acceptors (Lipinski definition) is 0. The summed E-state index contributed by atoms with van der Waals surface area (Å²) in [5.41, 5.74) is 0. The van der Waals surface area contributed by atoms with Gasteiger partial charge >= 0.3 is 0 Å². The van der Waals surface area contributed by atoms with E-state index in [0.717, 1.165) is 5.92 Å². The van der Waals surface area contributed by atoms with Crippen molar-refractivity contribution >= 4 is 0 Å². The second-order valence-corrected chi connectivity index (χ2v) is 3.57. The minimum absolute atomic E-state index is 0.856. The Morgan fingerprint density at radius 2 is 1.50 bits per heavy atom. The molecule has 0 radical (unpaired) electrons. The molecule has 0 aliphatic rings. The average molecular weight is 168 g/mol. The molecule has 0 fully saturated rings. The third kappa shape index (κ3) is 6.45. The fraction of sp³-hybridized carbons (Fsp3) is 0.833. The summed E-state index contributed by atoms with van der Waals surface area (Å²) in [5.74, 6) is 0.856. The van der Waals surface area contributed by atoms with Gasteiger partial charge in [0.1, 0.15) is 0 Å². The lowest BCUT2D eigenvalue weighted by Crippen LogP contribution is -1.95. The molecule has 0 nitrogen and oxygen atoms in total. The van der Waals surface area contributed by atoms with Gasteiger partial charge < -0.3 is 0 Å². The van der Waals surface area contributed by atoms with E-state index in [1.54, 1.807) is 0 Å². The third-order valence-electron chi connectivity index (χ3n) is 2.32. The van der Waals surface area contributed by atoms with Gasteiger partial charge in [-0.1, -0.05) is 51.7 Å². The standard InChI is InChI=1S/C12H24/c1-4-7-10-12(9-6-3)11-8-5-2/h6,9,12H,4-5,7-8,10-11H2,1-3H3. The van der Waals surface area contributed by atoms with E-state index >= 15 is 0 Å². The summed E-state index contributed by atoms with van der Waals surface area (Å²) in [6.07, 6.45) is 12.8. The molecular formula is C12H24. The van der Waals surface area contributed by atoms with Gasteiger partial charge in [0.25, 0.3) is 0 Å². The van der Waals surface area contributed by atoms with Gasteiger partial charge in [0.2, 0.25) is 0 Å². The summed E-state index contributed by atoms with van der Waals surface area (Å²) in [4.78, 5) is 0. The highest BCUT2D eigenvalue weighted by Crippen LogP contribution is 2.17. The van der Waals surface area contributed by atoms with Crippen LogP contribution in [0.5, 0.6) is 0 Å². The average Bonchev–Trinajstić information content (AvgIpc) is 2.10.